The third kappa shape index (κ3) is 7.53. The summed E-state index contributed by atoms with van der Waals surface area (Å²) in [5.41, 5.74) is 0. The summed E-state index contributed by atoms with van der Waals surface area (Å²) in [5.74, 6) is 0.0778. The number of rotatable bonds is 6. The van der Waals surface area contributed by atoms with Gasteiger partial charge in [-0.15, -0.1) is 0 Å². The van der Waals surface area contributed by atoms with Crippen molar-refractivity contribution in [2.75, 3.05) is 0 Å². The Balaban J connectivity index is 3.22. The third-order valence-electron chi connectivity index (χ3n) is 1.66. The molecule has 0 aromatic heterocycles. The summed E-state index contributed by atoms with van der Waals surface area (Å²) in [6, 6.07) is 0. The number of aliphatic hydroxyl groups is 1. The van der Waals surface area contributed by atoms with Crippen LogP contribution in [0.1, 0.15) is 46.0 Å². The number of unbranched alkanes of at least 4 members (excludes halogenated alkanes) is 2. The molecule has 0 bridgehead atoms. The van der Waals surface area contributed by atoms with E-state index in [4.69, 9.17) is 0 Å². The predicted molar refractivity (Wildman–Crippen MR) is 45.4 cm³/mol. The summed E-state index contributed by atoms with van der Waals surface area (Å²) >= 11 is 0. The van der Waals surface area contributed by atoms with Gasteiger partial charge in [-0.3, -0.25) is 4.79 Å². The van der Waals surface area contributed by atoms with Crippen molar-refractivity contribution in [3.63, 3.8) is 0 Å². The molecule has 1 N–H and O–H groups in total. The second-order valence-electron chi connectivity index (χ2n) is 3.06. The van der Waals surface area contributed by atoms with Gasteiger partial charge in [-0.25, -0.2) is 0 Å². The first kappa shape index (κ1) is 10.6. The Bertz CT molecular complexity index is 110. The van der Waals surface area contributed by atoms with Gasteiger partial charge in [0, 0.05) is 6.42 Å². The minimum atomic E-state index is -0.404. The fourth-order valence-electron chi connectivity index (χ4n) is 1.06. The molecule has 0 heterocycles. The van der Waals surface area contributed by atoms with Crippen LogP contribution in [0.3, 0.4) is 0 Å². The largest absolute Gasteiger partial charge is 0.393 e. The van der Waals surface area contributed by atoms with E-state index >= 15 is 0 Å². The number of ketones is 1. The monoisotopic (exact) mass is 158 g/mol. The Labute approximate surface area is 68.6 Å². The van der Waals surface area contributed by atoms with Crippen molar-refractivity contribution < 1.29 is 9.90 Å². The van der Waals surface area contributed by atoms with Crippen LogP contribution in [0.15, 0.2) is 0 Å². The highest BCUT2D eigenvalue weighted by Crippen LogP contribution is 2.06. The maximum absolute atomic E-state index is 10.5. The van der Waals surface area contributed by atoms with Crippen molar-refractivity contribution in [1.29, 1.82) is 0 Å². The van der Waals surface area contributed by atoms with E-state index in [0.29, 0.717) is 6.42 Å². The van der Waals surface area contributed by atoms with Crippen LogP contribution in [0.25, 0.3) is 0 Å². The van der Waals surface area contributed by atoms with Crippen LogP contribution in [0.4, 0.5) is 0 Å². The van der Waals surface area contributed by atoms with Gasteiger partial charge in [0.25, 0.3) is 0 Å². The Morgan fingerprint density at radius 3 is 2.55 bits per heavy atom. The highest BCUT2D eigenvalue weighted by Gasteiger charge is 2.05. The minimum absolute atomic E-state index is 0.0778. The molecule has 2 nitrogen and oxygen atoms in total. The summed E-state index contributed by atoms with van der Waals surface area (Å²) in [6.07, 6.45) is 4.03. The lowest BCUT2D eigenvalue weighted by atomic mass is 10.1. The maximum atomic E-state index is 10.5. The zero-order valence-electron chi connectivity index (χ0n) is 7.47. The highest BCUT2D eigenvalue weighted by molar-refractivity contribution is 5.75. The van der Waals surface area contributed by atoms with E-state index in [1.54, 1.807) is 0 Å². The van der Waals surface area contributed by atoms with Gasteiger partial charge in [-0.1, -0.05) is 26.2 Å². The summed E-state index contributed by atoms with van der Waals surface area (Å²) in [7, 11) is 0. The molecular weight excluding hydrogens is 140 g/mol. The Morgan fingerprint density at radius 2 is 2.09 bits per heavy atom. The van der Waals surface area contributed by atoms with Gasteiger partial charge in [-0.05, 0) is 13.3 Å². The molecule has 0 unspecified atom stereocenters. The van der Waals surface area contributed by atoms with E-state index in [1.807, 2.05) is 0 Å². The van der Waals surface area contributed by atoms with Gasteiger partial charge >= 0.3 is 0 Å². The molecule has 11 heavy (non-hydrogen) atoms. The fraction of sp³-hybridized carbons (Fsp3) is 0.889. The molecule has 2 heteroatoms. The Morgan fingerprint density at radius 1 is 1.45 bits per heavy atom. The molecule has 0 spiro atoms. The summed E-state index contributed by atoms with van der Waals surface area (Å²) in [4.78, 5) is 10.5. The second-order valence-corrected chi connectivity index (χ2v) is 3.06. The minimum Gasteiger partial charge on any atom is -0.393 e. The SMILES string of the molecule is CCCCC[C@H](O)CC(C)=O. The zero-order valence-corrected chi connectivity index (χ0v) is 7.47. The van der Waals surface area contributed by atoms with Gasteiger partial charge in [0.15, 0.2) is 0 Å². The lowest BCUT2D eigenvalue weighted by molar-refractivity contribution is -0.118. The molecule has 0 rings (SSSR count). The first-order chi connectivity index (χ1) is 5.16. The van der Waals surface area contributed by atoms with Crippen LogP contribution in [0.2, 0.25) is 0 Å². The molecule has 0 aromatic carbocycles. The molecule has 0 saturated heterocycles. The highest BCUT2D eigenvalue weighted by atomic mass is 16.3. The number of hydrogen-bond acceptors (Lipinski definition) is 2. The molecule has 0 saturated carbocycles. The zero-order chi connectivity index (χ0) is 8.69. The second kappa shape index (κ2) is 6.35. The van der Waals surface area contributed by atoms with Crippen LogP contribution in [0, 0.1) is 0 Å². The number of Topliss-reactive ketones (excluding diaryl/α,β-unsaturated/α-hetero) is 1. The molecule has 0 aliphatic heterocycles. The van der Waals surface area contributed by atoms with Gasteiger partial charge in [0.2, 0.25) is 0 Å². The average molecular weight is 158 g/mol. The Hall–Kier alpha value is -0.370. The average Bonchev–Trinajstić information content (AvgIpc) is 1.86. The lowest BCUT2D eigenvalue weighted by Gasteiger charge is -2.06. The molecule has 66 valence electrons. The number of carbonyl (C=O) groups is 1. The van der Waals surface area contributed by atoms with Gasteiger partial charge in [-0.2, -0.15) is 0 Å². The van der Waals surface area contributed by atoms with E-state index in [9.17, 15) is 9.90 Å². The lowest BCUT2D eigenvalue weighted by Crippen LogP contribution is -2.10. The van der Waals surface area contributed by atoms with Crippen molar-refractivity contribution in [1.82, 2.24) is 0 Å². The molecule has 1 atom stereocenters. The van der Waals surface area contributed by atoms with E-state index in [1.165, 1.54) is 6.92 Å². The maximum Gasteiger partial charge on any atom is 0.132 e. The van der Waals surface area contributed by atoms with Crippen molar-refractivity contribution in [2.24, 2.45) is 0 Å². The summed E-state index contributed by atoms with van der Waals surface area (Å²) in [5, 5.41) is 9.23. The molecule has 0 radical (unpaired) electrons. The van der Waals surface area contributed by atoms with Crippen molar-refractivity contribution in [3.05, 3.63) is 0 Å². The van der Waals surface area contributed by atoms with Crippen LogP contribution in [-0.2, 0) is 4.79 Å². The molecule has 0 amide bonds. The molecule has 0 fully saturated rings. The van der Waals surface area contributed by atoms with Crippen molar-refractivity contribution in [2.45, 2.75) is 52.1 Å². The fourth-order valence-corrected chi connectivity index (χ4v) is 1.06. The van der Waals surface area contributed by atoms with E-state index < -0.39 is 6.10 Å². The van der Waals surface area contributed by atoms with Crippen LogP contribution >= 0.6 is 0 Å². The van der Waals surface area contributed by atoms with Crippen molar-refractivity contribution in [3.8, 4) is 0 Å². The van der Waals surface area contributed by atoms with Crippen LogP contribution < -0.4 is 0 Å². The smallest absolute Gasteiger partial charge is 0.132 e. The standard InChI is InChI=1S/C9H18O2/c1-3-4-5-6-9(11)7-8(2)10/h9,11H,3-7H2,1-2H3/t9-/m0/s1. The number of hydrogen-bond donors (Lipinski definition) is 1. The van der Waals surface area contributed by atoms with Crippen LogP contribution in [-0.4, -0.2) is 17.0 Å². The topological polar surface area (TPSA) is 37.3 Å². The molecular formula is C9H18O2. The molecule has 0 aromatic rings. The first-order valence-corrected chi connectivity index (χ1v) is 4.34. The van der Waals surface area contributed by atoms with Crippen molar-refractivity contribution >= 4 is 5.78 Å². The summed E-state index contributed by atoms with van der Waals surface area (Å²) < 4.78 is 0. The van der Waals surface area contributed by atoms with Gasteiger partial charge in [0.05, 0.1) is 6.10 Å². The Kier molecular flexibility index (Phi) is 6.13. The molecule has 0 aliphatic carbocycles. The first-order valence-electron chi connectivity index (χ1n) is 4.34. The molecule has 0 aliphatic rings. The van der Waals surface area contributed by atoms with E-state index in [0.717, 1.165) is 25.7 Å². The van der Waals surface area contributed by atoms with E-state index in [-0.39, 0.29) is 5.78 Å². The summed E-state index contributed by atoms with van der Waals surface area (Å²) in [6.45, 7) is 3.64. The predicted octanol–water partition coefficient (Wildman–Crippen LogP) is 1.91. The van der Waals surface area contributed by atoms with E-state index in [2.05, 4.69) is 6.92 Å². The van der Waals surface area contributed by atoms with Gasteiger partial charge in [0.1, 0.15) is 5.78 Å². The number of aliphatic hydroxyl groups excluding tert-OH is 1. The van der Waals surface area contributed by atoms with Gasteiger partial charge < -0.3 is 5.11 Å². The number of carbonyl (C=O) groups excluding carboxylic acids is 1. The normalized spacial score (nSPS) is 13.0. The van der Waals surface area contributed by atoms with Crippen LogP contribution in [0.5, 0.6) is 0 Å². The third-order valence-corrected chi connectivity index (χ3v) is 1.66. The quantitative estimate of drug-likeness (QED) is 0.599.